The monoisotopic (exact) mass is 266 g/mol. The second-order valence-corrected chi connectivity index (χ2v) is 4.46. The Balaban J connectivity index is 2.15. The summed E-state index contributed by atoms with van der Waals surface area (Å²) in [7, 11) is 0. The van der Waals surface area contributed by atoms with Crippen molar-refractivity contribution in [2.75, 3.05) is 19.6 Å². The molecule has 0 aromatic carbocycles. The van der Waals surface area contributed by atoms with Gasteiger partial charge in [-0.3, -0.25) is 5.10 Å². The van der Waals surface area contributed by atoms with Crippen LogP contribution in [0.5, 0.6) is 0 Å². The number of hydrogen-bond acceptors (Lipinski definition) is 3. The van der Waals surface area contributed by atoms with Crippen LogP contribution < -0.4 is 0 Å². The molecule has 0 radical (unpaired) electrons. The topological polar surface area (TPSA) is 89.5 Å². The van der Waals surface area contributed by atoms with Crippen LogP contribution in [0, 0.1) is 0 Å². The van der Waals surface area contributed by atoms with Crippen LogP contribution in [0.25, 0.3) is 0 Å². The Labute approximate surface area is 111 Å². The minimum absolute atomic E-state index is 0.0119. The summed E-state index contributed by atoms with van der Waals surface area (Å²) in [6, 6.07) is -0.0119. The highest BCUT2D eigenvalue weighted by atomic mass is 16.4. The van der Waals surface area contributed by atoms with Gasteiger partial charge in [0.25, 0.3) is 0 Å². The summed E-state index contributed by atoms with van der Waals surface area (Å²) in [5, 5.41) is 15.5. The zero-order valence-electron chi connectivity index (χ0n) is 11.1. The van der Waals surface area contributed by atoms with Gasteiger partial charge in [-0.05, 0) is 20.3 Å². The first kappa shape index (κ1) is 13.4. The summed E-state index contributed by atoms with van der Waals surface area (Å²) >= 11 is 0. The Morgan fingerprint density at radius 3 is 2.68 bits per heavy atom. The van der Waals surface area contributed by atoms with Crippen LogP contribution in [0.2, 0.25) is 0 Å². The van der Waals surface area contributed by atoms with Gasteiger partial charge in [-0.25, -0.2) is 9.59 Å². The third-order valence-corrected chi connectivity index (χ3v) is 3.44. The molecule has 0 fully saturated rings. The number of hydrogen-bond donors (Lipinski definition) is 2. The van der Waals surface area contributed by atoms with Crippen molar-refractivity contribution in [3.63, 3.8) is 0 Å². The van der Waals surface area contributed by atoms with Crippen LogP contribution in [0.1, 0.15) is 35.6 Å². The molecule has 2 rings (SSSR count). The van der Waals surface area contributed by atoms with Gasteiger partial charge in [0.2, 0.25) is 0 Å². The number of fused-ring (bicyclic) bond motifs is 1. The molecule has 0 spiro atoms. The van der Waals surface area contributed by atoms with Crippen molar-refractivity contribution >= 4 is 12.0 Å². The average molecular weight is 266 g/mol. The maximum Gasteiger partial charge on any atom is 0.356 e. The minimum atomic E-state index is -1.03. The molecule has 2 N–H and O–H groups in total. The second-order valence-electron chi connectivity index (χ2n) is 4.46. The number of aromatic nitrogens is 2. The third-order valence-electron chi connectivity index (χ3n) is 3.44. The number of carbonyl (C=O) groups is 2. The molecule has 0 saturated heterocycles. The number of carboxylic acid groups (broad SMARTS) is 1. The molecule has 1 aliphatic rings. The van der Waals surface area contributed by atoms with E-state index in [9.17, 15) is 9.59 Å². The van der Waals surface area contributed by atoms with E-state index in [-0.39, 0.29) is 11.7 Å². The first-order chi connectivity index (χ1) is 9.08. The number of rotatable bonds is 3. The predicted octanol–water partition coefficient (Wildman–Crippen LogP) is 0.928. The lowest BCUT2D eigenvalue weighted by molar-refractivity contribution is 0.0689. The highest BCUT2D eigenvalue weighted by Gasteiger charge is 2.28. The normalized spacial score (nSPS) is 14.1. The molecule has 1 aliphatic heterocycles. The predicted molar refractivity (Wildman–Crippen MR) is 68.0 cm³/mol. The van der Waals surface area contributed by atoms with Gasteiger partial charge < -0.3 is 14.9 Å². The molecule has 7 nitrogen and oxygen atoms in total. The molecule has 2 amide bonds. The third kappa shape index (κ3) is 2.40. The van der Waals surface area contributed by atoms with Gasteiger partial charge in [0, 0.05) is 25.2 Å². The van der Waals surface area contributed by atoms with Crippen molar-refractivity contribution in [2.24, 2.45) is 0 Å². The molecule has 1 aromatic rings. The van der Waals surface area contributed by atoms with Crippen LogP contribution in [0.4, 0.5) is 4.79 Å². The first-order valence-corrected chi connectivity index (χ1v) is 6.41. The van der Waals surface area contributed by atoms with Gasteiger partial charge in [0.15, 0.2) is 5.69 Å². The van der Waals surface area contributed by atoms with E-state index in [2.05, 4.69) is 10.2 Å². The zero-order chi connectivity index (χ0) is 14.0. The Kier molecular flexibility index (Phi) is 3.73. The van der Waals surface area contributed by atoms with Crippen LogP contribution in [-0.2, 0) is 13.0 Å². The van der Waals surface area contributed by atoms with Crippen LogP contribution in [0.3, 0.4) is 0 Å². The molecule has 104 valence electrons. The lowest BCUT2D eigenvalue weighted by Gasteiger charge is -2.31. The largest absolute Gasteiger partial charge is 0.476 e. The molecule has 2 heterocycles. The summed E-state index contributed by atoms with van der Waals surface area (Å²) < 4.78 is 0. The fourth-order valence-corrected chi connectivity index (χ4v) is 2.35. The smallest absolute Gasteiger partial charge is 0.356 e. The van der Waals surface area contributed by atoms with Crippen LogP contribution in [0.15, 0.2) is 0 Å². The molecular formula is C12H18N4O3. The van der Waals surface area contributed by atoms with Gasteiger partial charge in [-0.2, -0.15) is 5.10 Å². The van der Waals surface area contributed by atoms with E-state index in [4.69, 9.17) is 5.11 Å². The standard InChI is InChI=1S/C12H18N4O3/c1-3-15(4-2)12(19)16-6-5-8-9(7-16)13-14-10(8)11(17)18/h3-7H2,1-2H3,(H,13,14)(H,17,18). The zero-order valence-corrected chi connectivity index (χ0v) is 11.1. The fraction of sp³-hybridized carbons (Fsp3) is 0.583. The molecule has 0 saturated carbocycles. The molecule has 0 bridgehead atoms. The van der Waals surface area contributed by atoms with Crippen molar-refractivity contribution in [1.82, 2.24) is 20.0 Å². The second kappa shape index (κ2) is 5.29. The molecule has 0 atom stereocenters. The van der Waals surface area contributed by atoms with Gasteiger partial charge in [0.1, 0.15) is 0 Å². The van der Waals surface area contributed by atoms with E-state index in [0.29, 0.717) is 32.6 Å². The highest BCUT2D eigenvalue weighted by Crippen LogP contribution is 2.21. The SMILES string of the molecule is CCN(CC)C(=O)N1CCc2c(C(=O)O)n[nH]c2C1. The number of aromatic carboxylic acids is 1. The quantitative estimate of drug-likeness (QED) is 0.851. The van der Waals surface area contributed by atoms with Gasteiger partial charge >= 0.3 is 12.0 Å². The number of carbonyl (C=O) groups excluding carboxylic acids is 1. The summed E-state index contributed by atoms with van der Waals surface area (Å²) in [6.45, 7) is 6.14. The molecule has 7 heteroatoms. The summed E-state index contributed by atoms with van der Waals surface area (Å²) in [5.74, 6) is -1.03. The molecule has 19 heavy (non-hydrogen) atoms. The van der Waals surface area contributed by atoms with E-state index in [0.717, 1.165) is 11.3 Å². The average Bonchev–Trinajstić information content (AvgIpc) is 2.82. The summed E-state index contributed by atoms with van der Waals surface area (Å²) in [6.07, 6.45) is 0.528. The fourth-order valence-electron chi connectivity index (χ4n) is 2.35. The van der Waals surface area contributed by atoms with Crippen molar-refractivity contribution < 1.29 is 14.7 Å². The van der Waals surface area contributed by atoms with Crippen LogP contribution >= 0.6 is 0 Å². The van der Waals surface area contributed by atoms with E-state index < -0.39 is 5.97 Å². The number of aromatic amines is 1. The summed E-state index contributed by atoms with van der Waals surface area (Å²) in [5.41, 5.74) is 1.52. The number of nitrogens with zero attached hydrogens (tertiary/aromatic N) is 3. The van der Waals surface area contributed by atoms with Gasteiger partial charge in [-0.15, -0.1) is 0 Å². The highest BCUT2D eigenvalue weighted by molar-refractivity contribution is 5.87. The number of nitrogens with one attached hydrogen (secondary N) is 1. The molecular weight excluding hydrogens is 248 g/mol. The molecule has 0 unspecified atom stereocenters. The Hall–Kier alpha value is -2.05. The van der Waals surface area contributed by atoms with Crippen molar-refractivity contribution in [3.05, 3.63) is 17.0 Å². The van der Waals surface area contributed by atoms with Crippen molar-refractivity contribution in [1.29, 1.82) is 0 Å². The Morgan fingerprint density at radius 2 is 2.11 bits per heavy atom. The number of H-pyrrole nitrogens is 1. The van der Waals surface area contributed by atoms with E-state index in [1.807, 2.05) is 13.8 Å². The Bertz CT molecular complexity index is 493. The molecule has 0 aliphatic carbocycles. The van der Waals surface area contributed by atoms with E-state index in [1.165, 1.54) is 0 Å². The maximum absolute atomic E-state index is 12.2. The Morgan fingerprint density at radius 1 is 1.42 bits per heavy atom. The van der Waals surface area contributed by atoms with Crippen LogP contribution in [-0.4, -0.2) is 56.7 Å². The van der Waals surface area contributed by atoms with E-state index >= 15 is 0 Å². The summed E-state index contributed by atoms with van der Waals surface area (Å²) in [4.78, 5) is 26.7. The van der Waals surface area contributed by atoms with Gasteiger partial charge in [0.05, 0.1) is 12.2 Å². The number of urea groups is 1. The minimum Gasteiger partial charge on any atom is -0.476 e. The van der Waals surface area contributed by atoms with E-state index in [1.54, 1.807) is 9.80 Å². The van der Waals surface area contributed by atoms with Crippen molar-refractivity contribution in [3.8, 4) is 0 Å². The lowest BCUT2D eigenvalue weighted by Crippen LogP contribution is -2.45. The number of carboxylic acids is 1. The van der Waals surface area contributed by atoms with Gasteiger partial charge in [-0.1, -0.05) is 0 Å². The molecule has 1 aromatic heterocycles. The maximum atomic E-state index is 12.2. The number of amides is 2. The lowest BCUT2D eigenvalue weighted by atomic mass is 10.0. The van der Waals surface area contributed by atoms with Crippen molar-refractivity contribution in [2.45, 2.75) is 26.8 Å². The first-order valence-electron chi connectivity index (χ1n) is 6.41.